The lowest BCUT2D eigenvalue weighted by Crippen LogP contribution is -2.23. The van der Waals surface area contributed by atoms with E-state index in [9.17, 15) is 4.79 Å². The number of allylic oxidation sites excluding steroid dienone is 2. The van der Waals surface area contributed by atoms with Crippen LogP contribution in [0, 0.1) is 5.41 Å². The second-order valence-corrected chi connectivity index (χ2v) is 6.12. The molecule has 1 saturated carbocycles. The quantitative estimate of drug-likeness (QED) is 0.693. The zero-order valence-electron chi connectivity index (χ0n) is 12.4. The largest absolute Gasteiger partial charge is 0.463 e. The first-order valence-electron chi connectivity index (χ1n) is 6.79. The number of esters is 1. The Hall–Kier alpha value is -1.05. The first kappa shape index (κ1) is 15.0. The molecule has 0 spiro atoms. The number of hydrogen-bond donors (Lipinski definition) is 0. The highest BCUT2D eigenvalue weighted by molar-refractivity contribution is 5.66. The van der Waals surface area contributed by atoms with E-state index in [0.717, 1.165) is 12.8 Å². The molecule has 18 heavy (non-hydrogen) atoms. The van der Waals surface area contributed by atoms with E-state index < -0.39 is 0 Å². The SMILES string of the molecule is C=C1CCCC(C)(C)/C1=C(\C)CC(C)OC(C)=O. The van der Waals surface area contributed by atoms with Crippen molar-refractivity contribution in [2.45, 2.75) is 66.4 Å². The van der Waals surface area contributed by atoms with Gasteiger partial charge in [-0.25, -0.2) is 0 Å². The Morgan fingerprint density at radius 1 is 1.44 bits per heavy atom. The molecule has 2 heteroatoms. The lowest BCUT2D eigenvalue weighted by Gasteiger charge is -2.36. The van der Waals surface area contributed by atoms with Crippen LogP contribution in [0.2, 0.25) is 0 Å². The highest BCUT2D eigenvalue weighted by Gasteiger charge is 2.30. The molecule has 0 aromatic heterocycles. The van der Waals surface area contributed by atoms with Crippen molar-refractivity contribution in [3.8, 4) is 0 Å². The standard InChI is InChI=1S/C16H26O2/c1-11-8-7-9-16(5,6)15(11)12(2)10-13(3)18-14(4)17/h13H,1,7-10H2,2-6H3/b15-12+. The second kappa shape index (κ2) is 5.73. The van der Waals surface area contributed by atoms with Crippen LogP contribution in [0.3, 0.4) is 0 Å². The zero-order valence-corrected chi connectivity index (χ0v) is 12.4. The normalized spacial score (nSPS) is 23.5. The Morgan fingerprint density at radius 3 is 2.56 bits per heavy atom. The number of carbonyl (C=O) groups excluding carboxylic acids is 1. The van der Waals surface area contributed by atoms with E-state index in [1.165, 1.54) is 36.5 Å². The minimum atomic E-state index is -0.206. The number of carbonyl (C=O) groups is 1. The van der Waals surface area contributed by atoms with Crippen LogP contribution in [0.15, 0.2) is 23.3 Å². The Kier molecular flexibility index (Phi) is 4.78. The fourth-order valence-electron chi connectivity index (χ4n) is 3.21. The van der Waals surface area contributed by atoms with Crippen LogP contribution in [0.4, 0.5) is 0 Å². The fourth-order valence-corrected chi connectivity index (χ4v) is 3.21. The molecule has 0 bridgehead atoms. The van der Waals surface area contributed by atoms with Gasteiger partial charge in [-0.05, 0) is 44.1 Å². The first-order chi connectivity index (χ1) is 8.24. The molecule has 0 saturated heterocycles. The molecule has 0 aromatic rings. The van der Waals surface area contributed by atoms with Gasteiger partial charge >= 0.3 is 5.97 Å². The average Bonchev–Trinajstić information content (AvgIpc) is 2.13. The van der Waals surface area contributed by atoms with Crippen LogP contribution < -0.4 is 0 Å². The van der Waals surface area contributed by atoms with Crippen molar-refractivity contribution in [3.05, 3.63) is 23.3 Å². The fraction of sp³-hybridized carbons (Fsp3) is 0.688. The van der Waals surface area contributed by atoms with Crippen molar-refractivity contribution in [2.24, 2.45) is 5.41 Å². The molecular formula is C16H26O2. The van der Waals surface area contributed by atoms with E-state index in [-0.39, 0.29) is 17.5 Å². The summed E-state index contributed by atoms with van der Waals surface area (Å²) < 4.78 is 5.21. The lowest BCUT2D eigenvalue weighted by atomic mass is 9.69. The summed E-state index contributed by atoms with van der Waals surface area (Å²) in [6, 6.07) is 0. The zero-order chi connectivity index (χ0) is 13.9. The maximum Gasteiger partial charge on any atom is 0.302 e. The smallest absolute Gasteiger partial charge is 0.302 e. The summed E-state index contributed by atoms with van der Waals surface area (Å²) in [6.45, 7) is 14.3. The van der Waals surface area contributed by atoms with Crippen molar-refractivity contribution < 1.29 is 9.53 Å². The van der Waals surface area contributed by atoms with Gasteiger partial charge in [0, 0.05) is 13.3 Å². The van der Waals surface area contributed by atoms with Crippen LogP contribution >= 0.6 is 0 Å². The van der Waals surface area contributed by atoms with Crippen molar-refractivity contribution in [3.63, 3.8) is 0 Å². The van der Waals surface area contributed by atoms with Crippen LogP contribution in [-0.4, -0.2) is 12.1 Å². The van der Waals surface area contributed by atoms with Gasteiger partial charge in [-0.15, -0.1) is 0 Å². The average molecular weight is 250 g/mol. The monoisotopic (exact) mass is 250 g/mol. The lowest BCUT2D eigenvalue weighted by molar-refractivity contribution is -0.145. The number of ether oxygens (including phenoxy) is 1. The van der Waals surface area contributed by atoms with E-state index in [2.05, 4.69) is 27.4 Å². The summed E-state index contributed by atoms with van der Waals surface area (Å²) in [4.78, 5) is 10.9. The molecule has 102 valence electrons. The minimum absolute atomic E-state index is 0.0551. The van der Waals surface area contributed by atoms with Crippen molar-refractivity contribution in [2.75, 3.05) is 0 Å². The van der Waals surface area contributed by atoms with Crippen molar-refractivity contribution in [1.82, 2.24) is 0 Å². The molecule has 0 aromatic carbocycles. The summed E-state index contributed by atoms with van der Waals surface area (Å²) in [5.74, 6) is -0.206. The van der Waals surface area contributed by atoms with E-state index in [4.69, 9.17) is 4.74 Å². The van der Waals surface area contributed by atoms with Crippen LogP contribution in [0.5, 0.6) is 0 Å². The maximum absolute atomic E-state index is 10.9. The highest BCUT2D eigenvalue weighted by Crippen LogP contribution is 2.44. The van der Waals surface area contributed by atoms with E-state index in [0.29, 0.717) is 0 Å². The van der Waals surface area contributed by atoms with E-state index in [1.54, 1.807) is 0 Å². The maximum atomic E-state index is 10.9. The summed E-state index contributed by atoms with van der Waals surface area (Å²) in [5.41, 5.74) is 4.18. The van der Waals surface area contributed by atoms with Gasteiger partial charge in [0.25, 0.3) is 0 Å². The van der Waals surface area contributed by atoms with Gasteiger partial charge in [0.05, 0.1) is 0 Å². The van der Waals surface area contributed by atoms with Crippen LogP contribution in [0.1, 0.15) is 60.3 Å². The number of hydrogen-bond acceptors (Lipinski definition) is 2. The van der Waals surface area contributed by atoms with Gasteiger partial charge in [0.1, 0.15) is 6.10 Å². The second-order valence-electron chi connectivity index (χ2n) is 6.12. The highest BCUT2D eigenvalue weighted by atomic mass is 16.5. The molecule has 1 rings (SSSR count). The molecule has 2 nitrogen and oxygen atoms in total. The molecular weight excluding hydrogens is 224 g/mol. The van der Waals surface area contributed by atoms with Crippen LogP contribution in [0.25, 0.3) is 0 Å². The number of rotatable bonds is 3. The van der Waals surface area contributed by atoms with Gasteiger partial charge in [-0.2, -0.15) is 0 Å². The Labute approximate surface area is 111 Å². The summed E-state index contributed by atoms with van der Waals surface area (Å²) in [5, 5.41) is 0. The topological polar surface area (TPSA) is 26.3 Å². The van der Waals surface area contributed by atoms with E-state index >= 15 is 0 Å². The third-order valence-corrected chi connectivity index (χ3v) is 3.70. The summed E-state index contributed by atoms with van der Waals surface area (Å²) in [6.07, 6.45) is 4.28. The van der Waals surface area contributed by atoms with Gasteiger partial charge in [0.2, 0.25) is 0 Å². The molecule has 0 amide bonds. The predicted octanol–water partition coefficient (Wildman–Crippen LogP) is 4.41. The van der Waals surface area contributed by atoms with E-state index in [1.807, 2.05) is 6.92 Å². The molecule has 0 N–H and O–H groups in total. The van der Waals surface area contributed by atoms with Crippen molar-refractivity contribution in [1.29, 1.82) is 0 Å². The minimum Gasteiger partial charge on any atom is -0.463 e. The van der Waals surface area contributed by atoms with Crippen LogP contribution in [-0.2, 0) is 9.53 Å². The molecule has 0 heterocycles. The van der Waals surface area contributed by atoms with Gasteiger partial charge in [0.15, 0.2) is 0 Å². The van der Waals surface area contributed by atoms with Gasteiger partial charge < -0.3 is 4.74 Å². The molecule has 1 fully saturated rings. The molecule has 1 atom stereocenters. The molecule has 1 aliphatic rings. The predicted molar refractivity (Wildman–Crippen MR) is 75.3 cm³/mol. The first-order valence-corrected chi connectivity index (χ1v) is 6.79. The van der Waals surface area contributed by atoms with Gasteiger partial charge in [-0.1, -0.05) is 31.6 Å². The molecule has 1 unspecified atom stereocenters. The third-order valence-electron chi connectivity index (χ3n) is 3.70. The third kappa shape index (κ3) is 3.72. The van der Waals surface area contributed by atoms with Crippen molar-refractivity contribution >= 4 is 5.97 Å². The molecule has 0 aliphatic heterocycles. The Balaban J connectivity index is 2.88. The Bertz CT molecular complexity index is 375. The summed E-state index contributed by atoms with van der Waals surface area (Å²) in [7, 11) is 0. The Morgan fingerprint density at radius 2 is 2.06 bits per heavy atom. The van der Waals surface area contributed by atoms with Gasteiger partial charge in [-0.3, -0.25) is 4.79 Å². The molecule has 0 radical (unpaired) electrons. The molecule has 1 aliphatic carbocycles. The summed E-state index contributed by atoms with van der Waals surface area (Å²) >= 11 is 0.